The first kappa shape index (κ1) is 16.0. The van der Waals surface area contributed by atoms with Crippen LogP contribution in [-0.4, -0.2) is 45.8 Å². The first-order chi connectivity index (χ1) is 9.10. The molecule has 0 aromatic rings. The number of hydrogen-bond donors (Lipinski definition) is 1. The molecule has 3 nitrogen and oxygen atoms in total. The minimum atomic E-state index is -0.387. The van der Waals surface area contributed by atoms with Crippen LogP contribution in [0.4, 0.5) is 0 Å². The second kappa shape index (κ2) is 7.03. The van der Waals surface area contributed by atoms with Gasteiger partial charge in [0.05, 0.1) is 23.4 Å². The van der Waals surface area contributed by atoms with Crippen molar-refractivity contribution < 1.29 is 14.6 Å². The molecular weight excluding hydrogens is 280 g/mol. The summed E-state index contributed by atoms with van der Waals surface area (Å²) in [5.41, 5.74) is 0. The van der Waals surface area contributed by atoms with Crippen LogP contribution in [-0.2, 0) is 9.47 Å². The van der Waals surface area contributed by atoms with Gasteiger partial charge in [0, 0.05) is 6.42 Å². The number of thioether (sulfide) groups is 2. The fraction of sp³-hybridized carbons (Fsp3) is 1.00. The maximum Gasteiger partial charge on any atom is 0.165 e. The van der Waals surface area contributed by atoms with Crippen LogP contribution in [0.5, 0.6) is 0 Å². The summed E-state index contributed by atoms with van der Waals surface area (Å²) in [6.07, 6.45) is 4.90. The summed E-state index contributed by atoms with van der Waals surface area (Å²) in [5.74, 6) is 1.96. The van der Waals surface area contributed by atoms with Crippen molar-refractivity contribution in [3.63, 3.8) is 0 Å². The van der Waals surface area contributed by atoms with Gasteiger partial charge in [-0.05, 0) is 44.1 Å². The molecule has 5 heteroatoms. The molecule has 0 amide bonds. The molecule has 2 rings (SSSR count). The van der Waals surface area contributed by atoms with Crippen molar-refractivity contribution in [1.82, 2.24) is 0 Å². The van der Waals surface area contributed by atoms with Crippen molar-refractivity contribution in [3.05, 3.63) is 0 Å². The van der Waals surface area contributed by atoms with Gasteiger partial charge < -0.3 is 14.6 Å². The third-order valence-electron chi connectivity index (χ3n) is 3.93. The molecule has 2 heterocycles. The van der Waals surface area contributed by atoms with E-state index in [0.717, 1.165) is 25.7 Å². The third-order valence-corrected chi connectivity index (χ3v) is 7.55. The molecular formula is C14H26O3S2. The minimum absolute atomic E-state index is 0.00195. The molecule has 19 heavy (non-hydrogen) atoms. The van der Waals surface area contributed by atoms with Gasteiger partial charge >= 0.3 is 0 Å². The Labute approximate surface area is 125 Å². The summed E-state index contributed by atoms with van der Waals surface area (Å²) < 4.78 is 11.3. The summed E-state index contributed by atoms with van der Waals surface area (Å²) in [5, 5.41) is 10.4. The normalized spacial score (nSPS) is 27.3. The molecule has 112 valence electrons. The van der Waals surface area contributed by atoms with E-state index in [1.165, 1.54) is 17.9 Å². The molecule has 0 aromatic heterocycles. The van der Waals surface area contributed by atoms with Gasteiger partial charge in [0.25, 0.3) is 0 Å². The number of aliphatic hydroxyl groups is 1. The van der Waals surface area contributed by atoms with Crippen LogP contribution in [0.3, 0.4) is 0 Å². The predicted octanol–water partition coefficient (Wildman–Crippen LogP) is 3.26. The molecule has 2 aliphatic heterocycles. The quantitative estimate of drug-likeness (QED) is 0.815. The average molecular weight is 306 g/mol. The van der Waals surface area contributed by atoms with Crippen LogP contribution in [0.2, 0.25) is 0 Å². The van der Waals surface area contributed by atoms with Gasteiger partial charge in [0.1, 0.15) is 0 Å². The summed E-state index contributed by atoms with van der Waals surface area (Å²) in [6.45, 7) is 5.53. The van der Waals surface area contributed by atoms with E-state index in [9.17, 15) is 5.11 Å². The third kappa shape index (κ3) is 4.03. The van der Waals surface area contributed by atoms with Crippen LogP contribution in [0, 0.1) is 0 Å². The molecule has 0 radical (unpaired) electrons. The summed E-state index contributed by atoms with van der Waals surface area (Å²) in [4.78, 5) is 0. The lowest BCUT2D eigenvalue weighted by atomic mass is 10.0. The monoisotopic (exact) mass is 306 g/mol. The Kier molecular flexibility index (Phi) is 5.90. The lowest BCUT2D eigenvalue weighted by Gasteiger charge is -2.40. The van der Waals surface area contributed by atoms with Gasteiger partial charge in [-0.2, -0.15) is 0 Å². The smallest absolute Gasteiger partial charge is 0.165 e. The van der Waals surface area contributed by atoms with Crippen molar-refractivity contribution in [1.29, 1.82) is 0 Å². The topological polar surface area (TPSA) is 38.7 Å². The number of hydrogen-bond acceptors (Lipinski definition) is 5. The van der Waals surface area contributed by atoms with E-state index >= 15 is 0 Å². The molecule has 2 aliphatic rings. The molecule has 0 spiro atoms. The molecule has 2 saturated heterocycles. The summed E-state index contributed by atoms with van der Waals surface area (Å²) in [7, 11) is 0. The Balaban J connectivity index is 1.86. The fourth-order valence-corrected chi connectivity index (χ4v) is 6.34. The SMILES string of the molecule is CC[C@H](O)C1(CCCC2(C)OCCO2)SCCCS1. The average Bonchev–Trinajstić information content (AvgIpc) is 2.86. The van der Waals surface area contributed by atoms with Crippen molar-refractivity contribution in [3.8, 4) is 0 Å². The zero-order valence-electron chi connectivity index (χ0n) is 12.0. The second-order valence-corrected chi connectivity index (χ2v) is 8.58. The molecule has 0 saturated carbocycles. The van der Waals surface area contributed by atoms with Crippen LogP contribution in [0.25, 0.3) is 0 Å². The van der Waals surface area contributed by atoms with Crippen molar-refractivity contribution in [2.24, 2.45) is 0 Å². The highest BCUT2D eigenvalue weighted by molar-refractivity contribution is 8.18. The van der Waals surface area contributed by atoms with E-state index in [1.807, 2.05) is 30.4 Å². The lowest BCUT2D eigenvalue weighted by molar-refractivity contribution is -0.147. The Morgan fingerprint density at radius 3 is 2.37 bits per heavy atom. The highest BCUT2D eigenvalue weighted by atomic mass is 32.2. The van der Waals surface area contributed by atoms with Crippen molar-refractivity contribution >= 4 is 23.5 Å². The van der Waals surface area contributed by atoms with Crippen LogP contribution >= 0.6 is 23.5 Å². The highest BCUT2D eigenvalue weighted by Crippen LogP contribution is 2.49. The van der Waals surface area contributed by atoms with Crippen molar-refractivity contribution in [2.45, 2.75) is 61.9 Å². The van der Waals surface area contributed by atoms with E-state index in [-0.39, 0.29) is 16.0 Å². The van der Waals surface area contributed by atoms with E-state index in [2.05, 4.69) is 6.92 Å². The summed E-state index contributed by atoms with van der Waals surface area (Å²) >= 11 is 3.91. The van der Waals surface area contributed by atoms with E-state index in [1.54, 1.807) is 0 Å². The largest absolute Gasteiger partial charge is 0.391 e. The molecule has 1 N–H and O–H groups in total. The zero-order valence-corrected chi connectivity index (χ0v) is 13.7. The minimum Gasteiger partial charge on any atom is -0.391 e. The second-order valence-electron chi connectivity index (χ2n) is 5.47. The molecule has 0 bridgehead atoms. The van der Waals surface area contributed by atoms with Gasteiger partial charge in [-0.15, -0.1) is 23.5 Å². The molecule has 0 aliphatic carbocycles. The molecule has 2 fully saturated rings. The first-order valence-electron chi connectivity index (χ1n) is 7.34. The first-order valence-corrected chi connectivity index (χ1v) is 9.31. The highest BCUT2D eigenvalue weighted by Gasteiger charge is 2.40. The molecule has 0 aromatic carbocycles. The van der Waals surface area contributed by atoms with Crippen molar-refractivity contribution in [2.75, 3.05) is 24.7 Å². The van der Waals surface area contributed by atoms with Crippen LogP contribution in [0.1, 0.15) is 46.0 Å². The maximum atomic E-state index is 10.4. The summed E-state index contributed by atoms with van der Waals surface area (Å²) in [6, 6.07) is 0. The van der Waals surface area contributed by atoms with Gasteiger partial charge in [-0.25, -0.2) is 0 Å². The Morgan fingerprint density at radius 2 is 1.79 bits per heavy atom. The Bertz CT molecular complexity index is 274. The number of ether oxygens (including phenoxy) is 2. The standard InChI is InChI=1S/C14H26O3S2/c1-3-12(15)14(18-10-5-11-19-14)7-4-6-13(2)16-8-9-17-13/h12,15H,3-11H2,1-2H3/t12-/m0/s1. The zero-order chi connectivity index (χ0) is 13.8. The fourth-order valence-electron chi connectivity index (χ4n) is 2.76. The van der Waals surface area contributed by atoms with Crippen LogP contribution in [0.15, 0.2) is 0 Å². The number of aliphatic hydroxyl groups excluding tert-OH is 1. The number of rotatable bonds is 6. The van der Waals surface area contributed by atoms with Crippen LogP contribution < -0.4 is 0 Å². The predicted molar refractivity (Wildman–Crippen MR) is 82.7 cm³/mol. The lowest BCUT2D eigenvalue weighted by Crippen LogP contribution is -2.39. The Morgan fingerprint density at radius 1 is 1.16 bits per heavy atom. The van der Waals surface area contributed by atoms with E-state index in [0.29, 0.717) is 13.2 Å². The van der Waals surface area contributed by atoms with Gasteiger partial charge in [0.15, 0.2) is 5.79 Å². The van der Waals surface area contributed by atoms with E-state index < -0.39 is 0 Å². The molecule has 0 unspecified atom stereocenters. The molecule has 1 atom stereocenters. The Hall–Kier alpha value is 0.580. The van der Waals surface area contributed by atoms with Gasteiger partial charge in [-0.3, -0.25) is 0 Å². The van der Waals surface area contributed by atoms with Gasteiger partial charge in [0.2, 0.25) is 0 Å². The maximum absolute atomic E-state index is 10.4. The van der Waals surface area contributed by atoms with E-state index in [4.69, 9.17) is 9.47 Å². The van der Waals surface area contributed by atoms with Gasteiger partial charge in [-0.1, -0.05) is 6.92 Å².